The highest BCUT2D eigenvalue weighted by Gasteiger charge is 2.06. The lowest BCUT2D eigenvalue weighted by molar-refractivity contribution is -0.128. The van der Waals surface area contributed by atoms with Crippen molar-refractivity contribution in [2.75, 3.05) is 47.9 Å². The molecule has 146 valence electrons. The minimum atomic E-state index is 0.0950. The van der Waals surface area contributed by atoms with Crippen molar-refractivity contribution in [3.05, 3.63) is 23.8 Å². The van der Waals surface area contributed by atoms with Gasteiger partial charge in [0.25, 0.3) is 0 Å². The number of guanidine groups is 1. The summed E-state index contributed by atoms with van der Waals surface area (Å²) in [5.74, 6) is 2.34. The van der Waals surface area contributed by atoms with Crippen LogP contribution in [0.5, 0.6) is 11.5 Å². The predicted molar refractivity (Wildman–Crippen MR) is 105 cm³/mol. The molecule has 1 rings (SSSR count). The van der Waals surface area contributed by atoms with Crippen LogP contribution in [0.4, 0.5) is 0 Å². The number of amides is 1. The van der Waals surface area contributed by atoms with E-state index >= 15 is 0 Å². The summed E-state index contributed by atoms with van der Waals surface area (Å²) >= 11 is 0. The predicted octanol–water partition coefficient (Wildman–Crippen LogP) is 1.67. The average Bonchev–Trinajstić information content (AvgIpc) is 2.63. The Morgan fingerprint density at radius 2 is 1.92 bits per heavy atom. The van der Waals surface area contributed by atoms with Gasteiger partial charge in [0.1, 0.15) is 0 Å². The summed E-state index contributed by atoms with van der Waals surface area (Å²) < 4.78 is 10.9. The van der Waals surface area contributed by atoms with E-state index in [4.69, 9.17) is 9.47 Å². The van der Waals surface area contributed by atoms with Crippen LogP contribution in [0.2, 0.25) is 0 Å². The van der Waals surface area contributed by atoms with Gasteiger partial charge in [0.15, 0.2) is 17.5 Å². The monoisotopic (exact) mass is 364 g/mol. The second-order valence-electron chi connectivity index (χ2n) is 5.99. The van der Waals surface area contributed by atoms with Crippen LogP contribution >= 0.6 is 0 Å². The van der Waals surface area contributed by atoms with Crippen LogP contribution in [0.15, 0.2) is 23.2 Å². The van der Waals surface area contributed by atoms with Crippen LogP contribution in [0.1, 0.15) is 25.3 Å². The Morgan fingerprint density at radius 1 is 1.19 bits per heavy atom. The SMILES string of the molecule is CCOc1cc(CCCNC(=NC)NCCC(=O)N(C)C)ccc1OC. The summed E-state index contributed by atoms with van der Waals surface area (Å²) in [5.41, 5.74) is 1.20. The number of rotatable bonds is 10. The molecule has 0 saturated carbocycles. The first-order chi connectivity index (χ1) is 12.5. The number of methoxy groups -OCH3 is 1. The fraction of sp³-hybridized carbons (Fsp3) is 0.579. The number of nitrogens with one attached hydrogen (secondary N) is 2. The normalized spacial score (nSPS) is 11.0. The molecule has 1 amide bonds. The second kappa shape index (κ2) is 12.0. The molecule has 7 heteroatoms. The Kier molecular flexibility index (Phi) is 9.97. The number of hydrogen-bond donors (Lipinski definition) is 2. The molecular weight excluding hydrogens is 332 g/mol. The fourth-order valence-electron chi connectivity index (χ4n) is 2.38. The third kappa shape index (κ3) is 7.63. The van der Waals surface area contributed by atoms with E-state index in [2.05, 4.69) is 21.7 Å². The zero-order chi connectivity index (χ0) is 19.4. The van der Waals surface area contributed by atoms with Crippen LogP contribution in [0, 0.1) is 0 Å². The summed E-state index contributed by atoms with van der Waals surface area (Å²) in [4.78, 5) is 17.3. The lowest BCUT2D eigenvalue weighted by Gasteiger charge is -2.14. The van der Waals surface area contributed by atoms with Crippen molar-refractivity contribution < 1.29 is 14.3 Å². The maximum Gasteiger partial charge on any atom is 0.223 e. The van der Waals surface area contributed by atoms with Crippen molar-refractivity contribution in [2.24, 2.45) is 4.99 Å². The van der Waals surface area contributed by atoms with Gasteiger partial charge in [0.05, 0.1) is 13.7 Å². The Bertz CT molecular complexity index is 588. The number of carbonyl (C=O) groups is 1. The van der Waals surface area contributed by atoms with E-state index in [1.54, 1.807) is 33.2 Å². The summed E-state index contributed by atoms with van der Waals surface area (Å²) in [6.45, 7) is 3.92. The van der Waals surface area contributed by atoms with E-state index in [0.717, 1.165) is 30.9 Å². The first-order valence-corrected chi connectivity index (χ1v) is 8.96. The Labute approximate surface area is 156 Å². The van der Waals surface area contributed by atoms with Crippen molar-refractivity contribution in [2.45, 2.75) is 26.2 Å². The maximum atomic E-state index is 11.6. The van der Waals surface area contributed by atoms with Gasteiger partial charge in [-0.15, -0.1) is 0 Å². The molecule has 2 N–H and O–H groups in total. The van der Waals surface area contributed by atoms with Crippen molar-refractivity contribution in [3.63, 3.8) is 0 Å². The average molecular weight is 364 g/mol. The quantitative estimate of drug-likeness (QED) is 0.375. The van der Waals surface area contributed by atoms with E-state index in [9.17, 15) is 4.79 Å². The second-order valence-corrected chi connectivity index (χ2v) is 5.99. The van der Waals surface area contributed by atoms with E-state index in [1.165, 1.54) is 5.56 Å². The van der Waals surface area contributed by atoms with E-state index in [-0.39, 0.29) is 5.91 Å². The molecule has 0 aliphatic heterocycles. The van der Waals surface area contributed by atoms with Crippen LogP contribution in [-0.4, -0.2) is 64.7 Å². The molecular formula is C19H32N4O3. The molecule has 0 aliphatic rings. The molecule has 0 bridgehead atoms. The standard InChI is InChI=1S/C19H32N4O3/c1-6-26-17-14-15(9-10-16(17)25-5)8-7-12-21-19(20-2)22-13-11-18(24)23(3)4/h9-10,14H,6-8,11-13H2,1-5H3,(H2,20,21,22). The molecule has 0 radical (unpaired) electrons. The van der Waals surface area contributed by atoms with Crippen LogP contribution in [0.3, 0.4) is 0 Å². The van der Waals surface area contributed by atoms with E-state index < -0.39 is 0 Å². The van der Waals surface area contributed by atoms with Gasteiger partial charge in [-0.05, 0) is 37.5 Å². The molecule has 1 aromatic carbocycles. The molecule has 0 spiro atoms. The highest BCUT2D eigenvalue weighted by molar-refractivity contribution is 5.81. The number of nitrogens with zero attached hydrogens (tertiary/aromatic N) is 2. The van der Waals surface area contributed by atoms with Gasteiger partial charge in [0, 0.05) is 40.7 Å². The zero-order valence-electron chi connectivity index (χ0n) is 16.6. The van der Waals surface area contributed by atoms with E-state index in [1.807, 2.05) is 19.1 Å². The smallest absolute Gasteiger partial charge is 0.223 e. The number of carbonyl (C=O) groups excluding carboxylic acids is 1. The van der Waals surface area contributed by atoms with E-state index in [0.29, 0.717) is 25.5 Å². The van der Waals surface area contributed by atoms with Crippen molar-refractivity contribution in [1.82, 2.24) is 15.5 Å². The minimum Gasteiger partial charge on any atom is -0.493 e. The van der Waals surface area contributed by atoms with Crippen LogP contribution < -0.4 is 20.1 Å². The molecule has 0 saturated heterocycles. The molecule has 0 unspecified atom stereocenters. The first kappa shape index (κ1) is 21.6. The fourth-order valence-corrected chi connectivity index (χ4v) is 2.38. The van der Waals surface area contributed by atoms with Crippen molar-refractivity contribution in [3.8, 4) is 11.5 Å². The van der Waals surface area contributed by atoms with Gasteiger partial charge in [-0.25, -0.2) is 0 Å². The van der Waals surface area contributed by atoms with Crippen molar-refractivity contribution in [1.29, 1.82) is 0 Å². The molecule has 0 heterocycles. The summed E-state index contributed by atoms with van der Waals surface area (Å²) in [6, 6.07) is 6.03. The topological polar surface area (TPSA) is 75.2 Å². The number of ether oxygens (including phenoxy) is 2. The lowest BCUT2D eigenvalue weighted by atomic mass is 10.1. The lowest BCUT2D eigenvalue weighted by Crippen LogP contribution is -2.39. The number of hydrogen-bond acceptors (Lipinski definition) is 4. The summed E-state index contributed by atoms with van der Waals surface area (Å²) in [6.07, 6.45) is 2.32. The number of aliphatic imine (C=N–C) groups is 1. The zero-order valence-corrected chi connectivity index (χ0v) is 16.6. The van der Waals surface area contributed by atoms with Crippen LogP contribution in [-0.2, 0) is 11.2 Å². The highest BCUT2D eigenvalue weighted by Crippen LogP contribution is 2.28. The Hall–Kier alpha value is -2.44. The molecule has 7 nitrogen and oxygen atoms in total. The number of aryl methyl sites for hydroxylation is 1. The third-order valence-corrected chi connectivity index (χ3v) is 3.82. The number of benzene rings is 1. The molecule has 0 fully saturated rings. The molecule has 1 aromatic rings. The van der Waals surface area contributed by atoms with Crippen molar-refractivity contribution >= 4 is 11.9 Å². The van der Waals surface area contributed by atoms with Gasteiger partial charge in [0.2, 0.25) is 5.91 Å². The summed E-state index contributed by atoms with van der Waals surface area (Å²) in [5, 5.41) is 6.41. The minimum absolute atomic E-state index is 0.0950. The van der Waals surface area contributed by atoms with Gasteiger partial charge in [-0.1, -0.05) is 6.07 Å². The molecule has 0 aliphatic carbocycles. The van der Waals surface area contributed by atoms with Gasteiger partial charge in [-0.2, -0.15) is 0 Å². The third-order valence-electron chi connectivity index (χ3n) is 3.82. The Morgan fingerprint density at radius 3 is 2.54 bits per heavy atom. The molecule has 26 heavy (non-hydrogen) atoms. The highest BCUT2D eigenvalue weighted by atomic mass is 16.5. The first-order valence-electron chi connectivity index (χ1n) is 8.96. The summed E-state index contributed by atoms with van der Waals surface area (Å²) in [7, 11) is 6.88. The molecule has 0 aromatic heterocycles. The van der Waals surface area contributed by atoms with Crippen LogP contribution in [0.25, 0.3) is 0 Å². The van der Waals surface area contributed by atoms with Gasteiger partial charge in [-0.3, -0.25) is 9.79 Å². The maximum absolute atomic E-state index is 11.6. The largest absolute Gasteiger partial charge is 0.493 e. The van der Waals surface area contributed by atoms with Gasteiger partial charge >= 0.3 is 0 Å². The molecule has 0 atom stereocenters. The Balaban J connectivity index is 2.36. The van der Waals surface area contributed by atoms with Gasteiger partial charge < -0.3 is 25.0 Å².